The Morgan fingerprint density at radius 2 is 1.84 bits per heavy atom. The van der Waals surface area contributed by atoms with E-state index < -0.39 is 30.6 Å². The maximum absolute atomic E-state index is 11.8. The molecule has 1 atom stereocenters. The van der Waals surface area contributed by atoms with Crippen molar-refractivity contribution in [3.05, 3.63) is 35.9 Å². The second kappa shape index (κ2) is 12.0. The summed E-state index contributed by atoms with van der Waals surface area (Å²) >= 11 is 0. The number of amides is 2. The van der Waals surface area contributed by atoms with Crippen molar-refractivity contribution < 1.29 is 24.2 Å². The molecule has 25 heavy (non-hydrogen) atoms. The topological polar surface area (TPSA) is 105 Å². The van der Waals surface area contributed by atoms with Crippen molar-refractivity contribution >= 4 is 18.0 Å². The van der Waals surface area contributed by atoms with Gasteiger partial charge in [0.1, 0.15) is 6.61 Å². The third kappa shape index (κ3) is 8.85. The molecule has 0 aliphatic rings. The number of nitrogens with one attached hydrogen (secondary N) is 2. The number of aliphatic hydroxyl groups is 1. The summed E-state index contributed by atoms with van der Waals surface area (Å²) in [4.78, 5) is 35.0. The third-order valence-corrected chi connectivity index (χ3v) is 3.64. The normalized spacial score (nSPS) is 11.4. The van der Waals surface area contributed by atoms with Crippen LogP contribution in [0.4, 0.5) is 9.59 Å². The molecule has 0 radical (unpaired) electrons. The molecule has 0 bridgehead atoms. The molecule has 0 saturated carbocycles. The van der Waals surface area contributed by atoms with E-state index in [0.29, 0.717) is 19.4 Å². The highest BCUT2D eigenvalue weighted by Gasteiger charge is 2.22. The van der Waals surface area contributed by atoms with Crippen LogP contribution < -0.4 is 10.6 Å². The van der Waals surface area contributed by atoms with Crippen LogP contribution in [-0.4, -0.2) is 42.3 Å². The van der Waals surface area contributed by atoms with Crippen molar-refractivity contribution in [2.75, 3.05) is 13.2 Å². The van der Waals surface area contributed by atoms with E-state index in [1.165, 1.54) is 0 Å². The first kappa shape index (κ1) is 20.6. The Balaban J connectivity index is 2.44. The molecule has 0 spiro atoms. The molecule has 2 amide bonds. The second-order valence-corrected chi connectivity index (χ2v) is 5.66. The molecule has 7 nitrogen and oxygen atoms in total. The van der Waals surface area contributed by atoms with E-state index in [2.05, 4.69) is 15.4 Å². The lowest BCUT2D eigenvalue weighted by atomic mass is 10.0. The number of benzene rings is 1. The van der Waals surface area contributed by atoms with Crippen molar-refractivity contribution in [2.24, 2.45) is 0 Å². The summed E-state index contributed by atoms with van der Waals surface area (Å²) in [5.74, 6) is -0.531. The van der Waals surface area contributed by atoms with Gasteiger partial charge in [0.05, 0.1) is 6.04 Å². The molecule has 0 heterocycles. The minimum absolute atomic E-state index is 0.302. The third-order valence-electron chi connectivity index (χ3n) is 3.64. The second-order valence-electron chi connectivity index (χ2n) is 5.66. The van der Waals surface area contributed by atoms with E-state index in [-0.39, 0.29) is 0 Å². The highest BCUT2D eigenvalue weighted by molar-refractivity contribution is 5.90. The van der Waals surface area contributed by atoms with E-state index in [0.717, 1.165) is 24.8 Å². The highest BCUT2D eigenvalue weighted by atomic mass is 16.6. The Hall–Kier alpha value is -2.41. The number of carbonyl (C=O) groups excluding carboxylic acids is 3. The quantitative estimate of drug-likeness (QED) is 0.443. The number of unbranched alkanes of at least 4 members (excludes halogenated alkanes) is 2. The van der Waals surface area contributed by atoms with Crippen molar-refractivity contribution in [3.63, 3.8) is 0 Å². The predicted octanol–water partition coefficient (Wildman–Crippen LogP) is 2.18. The SMILES string of the molecule is CCCCCNC(=O)OC(=O)NC(CCc1ccccc1)C(=O)CO. The molecule has 0 aromatic heterocycles. The Morgan fingerprint density at radius 3 is 2.48 bits per heavy atom. The van der Waals surface area contributed by atoms with Crippen LogP contribution >= 0.6 is 0 Å². The van der Waals surface area contributed by atoms with Gasteiger partial charge in [-0.1, -0.05) is 50.1 Å². The zero-order valence-electron chi connectivity index (χ0n) is 14.5. The van der Waals surface area contributed by atoms with Gasteiger partial charge in [0, 0.05) is 6.54 Å². The van der Waals surface area contributed by atoms with Crippen LogP contribution in [-0.2, 0) is 16.0 Å². The minimum atomic E-state index is -1.01. The number of Topliss-reactive ketones (excluding diaryl/α,β-unsaturated/α-hetero) is 1. The fraction of sp³-hybridized carbons (Fsp3) is 0.500. The zero-order chi connectivity index (χ0) is 18.5. The van der Waals surface area contributed by atoms with Gasteiger partial charge in [-0.15, -0.1) is 0 Å². The van der Waals surface area contributed by atoms with Crippen LogP contribution in [0.25, 0.3) is 0 Å². The minimum Gasteiger partial charge on any atom is -0.389 e. The molecule has 1 unspecified atom stereocenters. The average molecular weight is 350 g/mol. The maximum Gasteiger partial charge on any atom is 0.416 e. The number of ether oxygens (including phenoxy) is 1. The van der Waals surface area contributed by atoms with E-state index in [1.807, 2.05) is 37.3 Å². The summed E-state index contributed by atoms with van der Waals surface area (Å²) < 4.78 is 4.57. The van der Waals surface area contributed by atoms with Crippen LogP contribution in [0.1, 0.15) is 38.2 Å². The number of carbonyl (C=O) groups is 3. The van der Waals surface area contributed by atoms with Gasteiger partial charge in [-0.05, 0) is 24.8 Å². The standard InChI is InChI=1S/C18H26N2O5/c1-2-3-7-12-19-17(23)25-18(24)20-15(16(22)13-21)11-10-14-8-5-4-6-9-14/h4-6,8-9,15,21H,2-3,7,10-13H2,1H3,(H,19,23)(H,20,24). The summed E-state index contributed by atoms with van der Waals surface area (Å²) in [6, 6.07) is 8.54. The van der Waals surface area contributed by atoms with Gasteiger partial charge >= 0.3 is 12.2 Å². The molecule has 1 aromatic carbocycles. The molecule has 138 valence electrons. The first-order valence-electron chi connectivity index (χ1n) is 8.50. The number of hydrogen-bond acceptors (Lipinski definition) is 5. The van der Waals surface area contributed by atoms with Crippen LogP contribution in [0.3, 0.4) is 0 Å². The maximum atomic E-state index is 11.8. The Labute approximate surface area is 147 Å². The number of hydrogen-bond donors (Lipinski definition) is 3. The Kier molecular flexibility index (Phi) is 9.92. The summed E-state index contributed by atoms with van der Waals surface area (Å²) in [5, 5.41) is 13.8. The van der Waals surface area contributed by atoms with E-state index in [9.17, 15) is 14.4 Å². The summed E-state index contributed by atoms with van der Waals surface area (Å²) in [5.41, 5.74) is 1.00. The number of rotatable bonds is 10. The van der Waals surface area contributed by atoms with Crippen LogP contribution in [0, 0.1) is 0 Å². The zero-order valence-corrected chi connectivity index (χ0v) is 14.5. The van der Waals surface area contributed by atoms with Crippen molar-refractivity contribution in [3.8, 4) is 0 Å². The first-order valence-corrected chi connectivity index (χ1v) is 8.50. The fourth-order valence-electron chi connectivity index (χ4n) is 2.24. The molecule has 0 fully saturated rings. The molecule has 3 N–H and O–H groups in total. The molecule has 0 saturated heterocycles. The van der Waals surface area contributed by atoms with E-state index in [1.54, 1.807) is 0 Å². The Morgan fingerprint density at radius 1 is 1.12 bits per heavy atom. The lowest BCUT2D eigenvalue weighted by Gasteiger charge is -2.16. The van der Waals surface area contributed by atoms with Gasteiger partial charge in [-0.3, -0.25) is 4.79 Å². The van der Waals surface area contributed by atoms with Gasteiger partial charge in [0.25, 0.3) is 0 Å². The summed E-state index contributed by atoms with van der Waals surface area (Å²) in [6.45, 7) is 1.77. The van der Waals surface area contributed by atoms with Crippen molar-refractivity contribution in [1.29, 1.82) is 0 Å². The lowest BCUT2D eigenvalue weighted by Crippen LogP contribution is -2.44. The fourth-order valence-corrected chi connectivity index (χ4v) is 2.24. The van der Waals surface area contributed by atoms with Gasteiger partial charge in [-0.2, -0.15) is 0 Å². The number of ketones is 1. The molecular weight excluding hydrogens is 324 g/mol. The summed E-state index contributed by atoms with van der Waals surface area (Å²) in [7, 11) is 0. The number of alkyl carbamates (subject to hydrolysis) is 2. The smallest absolute Gasteiger partial charge is 0.389 e. The molecule has 0 aliphatic carbocycles. The largest absolute Gasteiger partial charge is 0.416 e. The predicted molar refractivity (Wildman–Crippen MR) is 93.2 cm³/mol. The van der Waals surface area contributed by atoms with Crippen LogP contribution in [0.15, 0.2) is 30.3 Å². The van der Waals surface area contributed by atoms with E-state index >= 15 is 0 Å². The van der Waals surface area contributed by atoms with Gasteiger partial charge in [-0.25, -0.2) is 9.59 Å². The first-order chi connectivity index (χ1) is 12.1. The Bertz CT molecular complexity index is 548. The van der Waals surface area contributed by atoms with Crippen LogP contribution in [0.2, 0.25) is 0 Å². The van der Waals surface area contributed by atoms with Crippen LogP contribution in [0.5, 0.6) is 0 Å². The van der Waals surface area contributed by atoms with Gasteiger partial charge in [0.15, 0.2) is 5.78 Å². The molecular formula is C18H26N2O5. The van der Waals surface area contributed by atoms with Gasteiger partial charge < -0.3 is 20.5 Å². The van der Waals surface area contributed by atoms with E-state index in [4.69, 9.17) is 5.11 Å². The lowest BCUT2D eigenvalue weighted by molar-refractivity contribution is -0.123. The monoisotopic (exact) mass is 350 g/mol. The molecule has 1 aromatic rings. The number of aryl methyl sites for hydroxylation is 1. The number of aliphatic hydroxyl groups excluding tert-OH is 1. The molecule has 7 heteroatoms. The highest BCUT2D eigenvalue weighted by Crippen LogP contribution is 2.06. The average Bonchev–Trinajstić information content (AvgIpc) is 2.62. The molecule has 1 rings (SSSR count). The molecule has 0 aliphatic heterocycles. The van der Waals surface area contributed by atoms with Gasteiger partial charge in [0.2, 0.25) is 0 Å². The van der Waals surface area contributed by atoms with Crippen molar-refractivity contribution in [1.82, 2.24) is 10.6 Å². The summed E-state index contributed by atoms with van der Waals surface area (Å²) in [6.07, 6.45) is 1.77. The van der Waals surface area contributed by atoms with Crippen molar-refractivity contribution in [2.45, 2.75) is 45.1 Å².